The summed E-state index contributed by atoms with van der Waals surface area (Å²) in [6.45, 7) is 4.62. The van der Waals surface area contributed by atoms with Gasteiger partial charge in [-0.3, -0.25) is 4.79 Å². The smallest absolute Gasteiger partial charge is 0.251 e. The number of hydrogen-bond donors (Lipinski definition) is 2. The van der Waals surface area contributed by atoms with Gasteiger partial charge in [0.15, 0.2) is 5.82 Å². The second-order valence-electron chi connectivity index (χ2n) is 5.28. The minimum Gasteiger partial charge on any atom is -0.348 e. The third-order valence-corrected chi connectivity index (χ3v) is 3.04. The fourth-order valence-corrected chi connectivity index (χ4v) is 2.06. The van der Waals surface area contributed by atoms with Gasteiger partial charge in [-0.2, -0.15) is 5.10 Å². The van der Waals surface area contributed by atoms with Gasteiger partial charge in [0.25, 0.3) is 5.91 Å². The van der Waals surface area contributed by atoms with E-state index in [1.165, 1.54) is 17.3 Å². The van der Waals surface area contributed by atoms with Crippen LogP contribution in [0.4, 0.5) is 0 Å². The molecular weight excluding hydrogens is 339 g/mol. The number of hydrogen-bond acceptors (Lipinski definition) is 5. The Hall–Kier alpha value is -1.70. The minimum atomic E-state index is -0.158. The Labute approximate surface area is 147 Å². The fraction of sp³-hybridized carbons (Fsp3) is 0.429. The summed E-state index contributed by atoms with van der Waals surface area (Å²) in [6, 6.07) is 3.31. The number of carbonyl (C=O) groups is 1. The maximum atomic E-state index is 12.3. The lowest BCUT2D eigenvalue weighted by molar-refractivity contribution is 0.0933. The van der Waals surface area contributed by atoms with Crippen LogP contribution in [0.5, 0.6) is 0 Å². The molecule has 0 radical (unpaired) electrons. The molecule has 0 fully saturated rings. The summed E-state index contributed by atoms with van der Waals surface area (Å²) in [6.07, 6.45) is 5.38. The summed E-state index contributed by atoms with van der Waals surface area (Å²) >= 11 is 0. The van der Waals surface area contributed by atoms with Crippen molar-refractivity contribution in [2.75, 3.05) is 6.54 Å². The van der Waals surface area contributed by atoms with Crippen LogP contribution in [0.2, 0.25) is 0 Å². The van der Waals surface area contributed by atoms with E-state index in [-0.39, 0.29) is 36.8 Å². The molecule has 2 heterocycles. The van der Waals surface area contributed by atoms with Crippen LogP contribution in [0.15, 0.2) is 31.0 Å². The number of pyridine rings is 1. The van der Waals surface area contributed by atoms with Crippen LogP contribution in [-0.4, -0.2) is 38.2 Å². The molecule has 2 aromatic heterocycles. The summed E-state index contributed by atoms with van der Waals surface area (Å²) in [5, 5.41) is 6.94. The number of rotatable bonds is 6. The Morgan fingerprint density at radius 2 is 2.13 bits per heavy atom. The van der Waals surface area contributed by atoms with E-state index in [1.54, 1.807) is 18.3 Å². The molecule has 0 saturated heterocycles. The second kappa shape index (κ2) is 10.1. The molecule has 1 atom stereocenters. The molecule has 128 valence electrons. The monoisotopic (exact) mass is 360 g/mol. The molecule has 23 heavy (non-hydrogen) atoms. The van der Waals surface area contributed by atoms with E-state index in [9.17, 15) is 4.79 Å². The first kappa shape index (κ1) is 21.3. The normalized spacial score (nSPS) is 11.3. The van der Waals surface area contributed by atoms with Crippen LogP contribution in [0.3, 0.4) is 0 Å². The SMILES string of the molecule is CC(C)CC(CN)NC(=O)c1ccnc(-n2cncn2)c1.Cl.Cl. The van der Waals surface area contributed by atoms with E-state index < -0.39 is 0 Å². The predicted octanol–water partition coefficient (Wildman–Crippen LogP) is 1.61. The predicted molar refractivity (Wildman–Crippen MR) is 93.4 cm³/mol. The van der Waals surface area contributed by atoms with Crippen LogP contribution >= 0.6 is 24.8 Å². The standard InChI is InChI=1S/C14H20N6O.2ClH/c1-10(2)5-12(7-15)19-14(21)11-3-4-17-13(6-11)20-9-16-8-18-20;;/h3-4,6,8-10,12H,5,7,15H2,1-2H3,(H,19,21);2*1H. The van der Waals surface area contributed by atoms with Gasteiger partial charge >= 0.3 is 0 Å². The van der Waals surface area contributed by atoms with Crippen LogP contribution in [-0.2, 0) is 0 Å². The van der Waals surface area contributed by atoms with Crippen LogP contribution in [0.25, 0.3) is 5.82 Å². The molecular formula is C14H22Cl2N6O. The zero-order valence-corrected chi connectivity index (χ0v) is 14.7. The van der Waals surface area contributed by atoms with Crippen molar-refractivity contribution in [2.24, 2.45) is 11.7 Å². The lowest BCUT2D eigenvalue weighted by Gasteiger charge is -2.18. The van der Waals surface area contributed by atoms with Gasteiger partial charge < -0.3 is 11.1 Å². The van der Waals surface area contributed by atoms with Crippen molar-refractivity contribution in [3.8, 4) is 5.82 Å². The number of aromatic nitrogens is 4. The number of nitrogens with zero attached hydrogens (tertiary/aromatic N) is 4. The van der Waals surface area contributed by atoms with Crippen molar-refractivity contribution in [1.82, 2.24) is 25.1 Å². The molecule has 0 aliphatic heterocycles. The fourth-order valence-electron chi connectivity index (χ4n) is 2.06. The van der Waals surface area contributed by atoms with Gasteiger partial charge in [0, 0.05) is 24.3 Å². The highest BCUT2D eigenvalue weighted by atomic mass is 35.5. The van der Waals surface area contributed by atoms with E-state index in [0.717, 1.165) is 6.42 Å². The topological polar surface area (TPSA) is 98.7 Å². The Kier molecular flexibility index (Phi) is 9.40. The van der Waals surface area contributed by atoms with E-state index in [0.29, 0.717) is 23.8 Å². The van der Waals surface area contributed by atoms with Gasteiger partial charge in [0.05, 0.1) is 0 Å². The third kappa shape index (κ3) is 6.13. The van der Waals surface area contributed by atoms with Crippen LogP contribution in [0, 0.1) is 5.92 Å². The van der Waals surface area contributed by atoms with Gasteiger partial charge in [-0.1, -0.05) is 13.8 Å². The Balaban J connectivity index is 0.00000242. The molecule has 1 amide bonds. The largest absolute Gasteiger partial charge is 0.348 e. The van der Waals surface area contributed by atoms with Crippen molar-refractivity contribution in [3.05, 3.63) is 36.5 Å². The lowest BCUT2D eigenvalue weighted by Crippen LogP contribution is -2.41. The molecule has 0 spiro atoms. The number of nitrogens with one attached hydrogen (secondary N) is 1. The number of halogens is 2. The zero-order valence-electron chi connectivity index (χ0n) is 13.0. The average Bonchev–Trinajstić information content (AvgIpc) is 3.00. The highest BCUT2D eigenvalue weighted by Gasteiger charge is 2.14. The van der Waals surface area contributed by atoms with Crippen molar-refractivity contribution in [3.63, 3.8) is 0 Å². The Morgan fingerprint density at radius 3 is 2.70 bits per heavy atom. The first-order valence-corrected chi connectivity index (χ1v) is 6.92. The van der Waals surface area contributed by atoms with E-state index in [4.69, 9.17) is 5.73 Å². The van der Waals surface area contributed by atoms with Gasteiger partial charge in [0.1, 0.15) is 12.7 Å². The number of carbonyl (C=O) groups excluding carboxylic acids is 1. The van der Waals surface area contributed by atoms with Crippen molar-refractivity contribution in [2.45, 2.75) is 26.3 Å². The van der Waals surface area contributed by atoms with E-state index in [1.807, 2.05) is 0 Å². The second-order valence-corrected chi connectivity index (χ2v) is 5.28. The molecule has 9 heteroatoms. The molecule has 1 unspecified atom stereocenters. The summed E-state index contributed by atoms with van der Waals surface area (Å²) < 4.78 is 1.51. The maximum absolute atomic E-state index is 12.3. The van der Waals surface area contributed by atoms with Gasteiger partial charge in [-0.25, -0.2) is 14.6 Å². The molecule has 0 aliphatic rings. The van der Waals surface area contributed by atoms with Gasteiger partial charge in [0.2, 0.25) is 0 Å². The molecule has 0 bridgehead atoms. The maximum Gasteiger partial charge on any atom is 0.251 e. The third-order valence-electron chi connectivity index (χ3n) is 3.04. The Morgan fingerprint density at radius 1 is 1.39 bits per heavy atom. The summed E-state index contributed by atoms with van der Waals surface area (Å²) in [5.41, 5.74) is 6.23. The van der Waals surface area contributed by atoms with E-state index in [2.05, 4.69) is 34.2 Å². The molecule has 0 aliphatic carbocycles. The quantitative estimate of drug-likeness (QED) is 0.815. The lowest BCUT2D eigenvalue weighted by atomic mass is 10.0. The average molecular weight is 361 g/mol. The van der Waals surface area contributed by atoms with Crippen LogP contribution < -0.4 is 11.1 Å². The van der Waals surface area contributed by atoms with Crippen LogP contribution in [0.1, 0.15) is 30.6 Å². The van der Waals surface area contributed by atoms with Crippen molar-refractivity contribution >= 4 is 30.7 Å². The van der Waals surface area contributed by atoms with Gasteiger partial charge in [-0.05, 0) is 24.5 Å². The molecule has 7 nitrogen and oxygen atoms in total. The zero-order chi connectivity index (χ0) is 15.2. The van der Waals surface area contributed by atoms with Crippen molar-refractivity contribution in [1.29, 1.82) is 0 Å². The molecule has 0 aromatic carbocycles. The molecule has 2 aromatic rings. The van der Waals surface area contributed by atoms with Gasteiger partial charge in [-0.15, -0.1) is 24.8 Å². The Bertz CT molecular complexity index is 591. The first-order chi connectivity index (χ1) is 10.1. The van der Waals surface area contributed by atoms with Crippen molar-refractivity contribution < 1.29 is 4.79 Å². The van der Waals surface area contributed by atoms with E-state index >= 15 is 0 Å². The highest BCUT2D eigenvalue weighted by Crippen LogP contribution is 2.08. The summed E-state index contributed by atoms with van der Waals surface area (Å²) in [7, 11) is 0. The number of nitrogens with two attached hydrogens (primary N) is 1. The first-order valence-electron chi connectivity index (χ1n) is 6.92. The minimum absolute atomic E-state index is 0. The number of amides is 1. The highest BCUT2D eigenvalue weighted by molar-refractivity contribution is 5.94. The summed E-state index contributed by atoms with van der Waals surface area (Å²) in [5.74, 6) is 0.866. The molecule has 2 rings (SSSR count). The molecule has 3 N–H and O–H groups in total. The molecule has 0 saturated carbocycles. The summed E-state index contributed by atoms with van der Waals surface area (Å²) in [4.78, 5) is 20.3.